The maximum atomic E-state index is 12.0. The Morgan fingerprint density at radius 2 is 1.67 bits per heavy atom. The maximum absolute atomic E-state index is 12.0. The summed E-state index contributed by atoms with van der Waals surface area (Å²) in [6.07, 6.45) is 2.90. The SMILES string of the molecule is CC(C)(CC(=O)Oc1ccc(/C=C/C(=O)Oc2ccc(N=C=S)cc2)cc1)SN=O. The van der Waals surface area contributed by atoms with Crippen molar-refractivity contribution in [2.45, 2.75) is 25.0 Å². The summed E-state index contributed by atoms with van der Waals surface area (Å²) < 4.78 is 12.6. The van der Waals surface area contributed by atoms with Crippen LogP contribution in [0, 0.1) is 4.91 Å². The molecule has 2 aromatic carbocycles. The van der Waals surface area contributed by atoms with E-state index in [0.717, 1.165) is 17.5 Å². The quantitative estimate of drug-likeness (QED) is 0.0958. The molecule has 0 atom stereocenters. The molecule has 0 radical (unpaired) electrons. The fourth-order valence-electron chi connectivity index (χ4n) is 2.25. The molecular formula is C21H18N2O5S2. The third-order valence-corrected chi connectivity index (χ3v) is 4.41. The first-order valence-electron chi connectivity index (χ1n) is 8.71. The van der Waals surface area contributed by atoms with Crippen molar-refractivity contribution in [1.29, 1.82) is 0 Å². The van der Waals surface area contributed by atoms with Crippen LogP contribution >= 0.6 is 24.2 Å². The number of carbonyl (C=O) groups is 2. The zero-order chi connectivity index (χ0) is 22.0. The Balaban J connectivity index is 1.89. The highest BCUT2D eigenvalue weighted by Gasteiger charge is 2.25. The maximum Gasteiger partial charge on any atom is 0.336 e. The van der Waals surface area contributed by atoms with Crippen molar-refractivity contribution >= 4 is 53.0 Å². The summed E-state index contributed by atoms with van der Waals surface area (Å²) in [5.74, 6) is -0.273. The summed E-state index contributed by atoms with van der Waals surface area (Å²) in [7, 11) is 0. The molecule has 0 aliphatic carbocycles. The fraction of sp³-hybridized carbons (Fsp3) is 0.190. The van der Waals surface area contributed by atoms with Crippen LogP contribution in [0.5, 0.6) is 11.5 Å². The second-order valence-electron chi connectivity index (χ2n) is 6.60. The van der Waals surface area contributed by atoms with E-state index in [0.29, 0.717) is 17.2 Å². The summed E-state index contributed by atoms with van der Waals surface area (Å²) >= 11 is 5.32. The summed E-state index contributed by atoms with van der Waals surface area (Å²) in [6, 6.07) is 13.1. The molecule has 0 unspecified atom stereocenters. The van der Waals surface area contributed by atoms with E-state index in [1.807, 2.05) is 0 Å². The van der Waals surface area contributed by atoms with Crippen LogP contribution in [0.2, 0.25) is 0 Å². The largest absolute Gasteiger partial charge is 0.426 e. The van der Waals surface area contributed by atoms with E-state index in [9.17, 15) is 14.5 Å². The average molecular weight is 443 g/mol. The summed E-state index contributed by atoms with van der Waals surface area (Å²) in [4.78, 5) is 38.1. The lowest BCUT2D eigenvalue weighted by Crippen LogP contribution is -2.22. The average Bonchev–Trinajstić information content (AvgIpc) is 2.68. The van der Waals surface area contributed by atoms with E-state index in [2.05, 4.69) is 27.0 Å². The van der Waals surface area contributed by atoms with Gasteiger partial charge in [0, 0.05) is 27.4 Å². The number of benzene rings is 2. The Morgan fingerprint density at radius 1 is 1.07 bits per heavy atom. The first-order chi connectivity index (χ1) is 14.3. The van der Waals surface area contributed by atoms with Gasteiger partial charge in [0.25, 0.3) is 0 Å². The summed E-state index contributed by atoms with van der Waals surface area (Å²) in [5, 5.41) is 2.26. The van der Waals surface area contributed by atoms with E-state index in [1.54, 1.807) is 68.5 Å². The van der Waals surface area contributed by atoms with E-state index in [1.165, 1.54) is 6.08 Å². The molecule has 0 saturated carbocycles. The van der Waals surface area contributed by atoms with E-state index in [4.69, 9.17) is 9.47 Å². The number of aliphatic imine (C=N–C) groups is 1. The van der Waals surface area contributed by atoms with Gasteiger partial charge < -0.3 is 9.47 Å². The van der Waals surface area contributed by atoms with Crippen LogP contribution < -0.4 is 9.47 Å². The molecule has 0 fully saturated rings. The molecule has 0 saturated heterocycles. The van der Waals surface area contributed by atoms with Gasteiger partial charge in [0.1, 0.15) is 11.5 Å². The molecule has 0 spiro atoms. The Bertz CT molecular complexity index is 979. The Hall–Kier alpha value is -3.13. The monoisotopic (exact) mass is 442 g/mol. The summed E-state index contributed by atoms with van der Waals surface area (Å²) in [5.41, 5.74) is 1.34. The van der Waals surface area contributed by atoms with Crippen molar-refractivity contribution in [2.75, 3.05) is 0 Å². The first-order valence-corrected chi connectivity index (χ1v) is 9.89. The molecule has 0 N–H and O–H groups in total. The minimum Gasteiger partial charge on any atom is -0.426 e. The van der Waals surface area contributed by atoms with Gasteiger partial charge in [-0.05, 0) is 74.1 Å². The molecule has 30 heavy (non-hydrogen) atoms. The highest BCUT2D eigenvalue weighted by atomic mass is 32.2. The topological polar surface area (TPSA) is 94.4 Å². The Labute approximate surface area is 183 Å². The number of esters is 2. The molecule has 9 heteroatoms. The van der Waals surface area contributed by atoms with Crippen molar-refractivity contribution < 1.29 is 19.1 Å². The third kappa shape index (κ3) is 8.08. The van der Waals surface area contributed by atoms with Crippen LogP contribution in [-0.2, 0) is 9.59 Å². The van der Waals surface area contributed by atoms with Gasteiger partial charge in [0.15, 0.2) is 0 Å². The van der Waals surface area contributed by atoms with Crippen LogP contribution in [0.25, 0.3) is 6.08 Å². The van der Waals surface area contributed by atoms with Gasteiger partial charge in [-0.25, -0.2) is 4.79 Å². The van der Waals surface area contributed by atoms with E-state index >= 15 is 0 Å². The van der Waals surface area contributed by atoms with Gasteiger partial charge in [-0.1, -0.05) is 12.1 Å². The molecule has 0 aliphatic rings. The molecule has 0 aromatic heterocycles. The summed E-state index contributed by atoms with van der Waals surface area (Å²) in [6.45, 7) is 3.46. The number of ether oxygens (including phenoxy) is 2. The molecule has 0 amide bonds. The normalized spacial score (nSPS) is 10.9. The van der Waals surface area contributed by atoms with Crippen LogP contribution in [0.3, 0.4) is 0 Å². The van der Waals surface area contributed by atoms with Crippen molar-refractivity contribution in [2.24, 2.45) is 9.57 Å². The second-order valence-corrected chi connectivity index (χ2v) is 8.22. The molecule has 154 valence electrons. The predicted molar refractivity (Wildman–Crippen MR) is 120 cm³/mol. The van der Waals surface area contributed by atoms with Crippen molar-refractivity contribution in [3.63, 3.8) is 0 Å². The number of nitrogens with zero attached hydrogens (tertiary/aromatic N) is 2. The lowest BCUT2D eigenvalue weighted by molar-refractivity contribution is -0.134. The lowest BCUT2D eigenvalue weighted by atomic mass is 10.1. The number of rotatable bonds is 9. The number of hydrogen-bond donors (Lipinski definition) is 0. The molecule has 0 heterocycles. The standard InChI is InChI=1S/C21H18N2O5S2/c1-21(2,30-23-26)13-20(25)28-17-8-3-15(4-9-17)5-12-19(24)27-18-10-6-16(7-11-18)22-14-29/h3-12H,13H2,1-2H3/b12-5+. The van der Waals surface area contributed by atoms with Crippen molar-refractivity contribution in [3.05, 3.63) is 65.1 Å². The fourth-order valence-corrected chi connectivity index (χ4v) is 2.74. The molecule has 7 nitrogen and oxygen atoms in total. The predicted octanol–water partition coefficient (Wildman–Crippen LogP) is 5.53. The second kappa shape index (κ2) is 11.2. The third-order valence-electron chi connectivity index (χ3n) is 3.61. The van der Waals surface area contributed by atoms with Crippen LogP contribution in [0.4, 0.5) is 5.69 Å². The Kier molecular flexibility index (Phi) is 8.61. The van der Waals surface area contributed by atoms with Crippen LogP contribution in [0.1, 0.15) is 25.8 Å². The van der Waals surface area contributed by atoms with E-state index in [-0.39, 0.29) is 6.42 Å². The van der Waals surface area contributed by atoms with Gasteiger partial charge in [-0.2, -0.15) is 4.99 Å². The number of hydrogen-bond acceptors (Lipinski definition) is 9. The first kappa shape index (κ1) is 23.2. The molecule has 0 aliphatic heterocycles. The minimum atomic E-state index is -0.640. The van der Waals surface area contributed by atoms with Crippen LogP contribution in [0.15, 0.2) is 64.2 Å². The minimum absolute atomic E-state index is 0.0374. The molecule has 0 bridgehead atoms. The smallest absolute Gasteiger partial charge is 0.336 e. The number of carbonyl (C=O) groups excluding carboxylic acids is 2. The lowest BCUT2D eigenvalue weighted by Gasteiger charge is -2.17. The zero-order valence-corrected chi connectivity index (χ0v) is 17.9. The Morgan fingerprint density at radius 3 is 2.27 bits per heavy atom. The molecule has 2 rings (SSSR count). The molecule has 2 aromatic rings. The highest BCUT2D eigenvalue weighted by molar-refractivity contribution is 7.99. The van der Waals surface area contributed by atoms with Crippen LogP contribution in [-0.4, -0.2) is 21.8 Å². The van der Waals surface area contributed by atoms with Crippen molar-refractivity contribution in [3.8, 4) is 11.5 Å². The number of nitroso groups, excluding NO2 is 1. The van der Waals surface area contributed by atoms with Gasteiger partial charge in [0.05, 0.1) is 17.3 Å². The zero-order valence-electron chi connectivity index (χ0n) is 16.2. The van der Waals surface area contributed by atoms with Gasteiger partial charge in [0.2, 0.25) is 0 Å². The number of isothiocyanates is 1. The van der Waals surface area contributed by atoms with E-state index < -0.39 is 16.7 Å². The highest BCUT2D eigenvalue weighted by Crippen LogP contribution is 2.29. The van der Waals surface area contributed by atoms with Crippen molar-refractivity contribution in [1.82, 2.24) is 0 Å². The van der Waals surface area contributed by atoms with Gasteiger partial charge >= 0.3 is 11.9 Å². The van der Waals surface area contributed by atoms with Gasteiger partial charge in [-0.15, -0.1) is 4.91 Å². The number of thiocarbonyl (C=S) groups is 1. The molecular weight excluding hydrogens is 424 g/mol. The van der Waals surface area contributed by atoms with Gasteiger partial charge in [-0.3, -0.25) is 4.79 Å².